The van der Waals surface area contributed by atoms with Crippen molar-refractivity contribution in [3.63, 3.8) is 0 Å². The van der Waals surface area contributed by atoms with Gasteiger partial charge in [-0.2, -0.15) is 79.0 Å². The SMILES string of the molecule is O=S(=O)([N-]S(=O)(=O)C(F)(F)F)C(F)(F)F.O=S(=O)([N-]S(=O)(=O)C(F)(F)F)C(F)(F)F.O=S(=O)([N-]S(=O)(=O)C(F)(F)F)C(F)(F)F.[Al+3]. The number of hydrogen-bond acceptors (Lipinski definition) is 12. The summed E-state index contributed by atoms with van der Waals surface area (Å²) in [5, 5.41) is 0. The predicted octanol–water partition coefficient (Wildman–Crippen LogP) is 2.80. The first-order valence-corrected chi connectivity index (χ1v) is 16.4. The van der Waals surface area contributed by atoms with Gasteiger partial charge in [-0.05, 0) is 0 Å². The number of hydrogen-bond donors (Lipinski definition) is 0. The van der Waals surface area contributed by atoms with Crippen LogP contribution in [0, 0.1) is 0 Å². The molecule has 0 bridgehead atoms. The second-order valence-electron chi connectivity index (χ2n) is 5.75. The van der Waals surface area contributed by atoms with Crippen LogP contribution in [0.2, 0.25) is 0 Å². The molecular weight excluding hydrogens is 867 g/mol. The van der Waals surface area contributed by atoms with Gasteiger partial charge in [-0.25, -0.2) is 50.5 Å². The Bertz CT molecular complexity index is 1370. The molecule has 0 radical (unpaired) electrons. The van der Waals surface area contributed by atoms with E-state index >= 15 is 0 Å². The largest absolute Gasteiger partial charge is 3.00 e. The molecule has 15 nitrogen and oxygen atoms in total. The molecule has 0 unspecified atom stereocenters. The molecular formula is C6AlF18N3O12S6. The standard InChI is InChI=1S/3C2F6NO4S2.Al/c3*3-1(4,5)14(10,11)9-15(12,13)2(6,7)8;/q3*-1;+3. The van der Waals surface area contributed by atoms with E-state index in [1.165, 1.54) is 0 Å². The minimum atomic E-state index is -6.72. The molecule has 0 atom stereocenters. The Hall–Kier alpha value is -1.15. The maximum atomic E-state index is 11.4. The Kier molecular flexibility index (Phi) is 16.6. The van der Waals surface area contributed by atoms with Gasteiger partial charge in [-0.1, -0.05) is 0 Å². The van der Waals surface area contributed by atoms with Gasteiger partial charge >= 0.3 is 50.4 Å². The molecule has 0 amide bonds. The summed E-state index contributed by atoms with van der Waals surface area (Å²) in [6.45, 7) is 0. The van der Waals surface area contributed by atoms with Gasteiger partial charge in [-0.3, -0.25) is 0 Å². The summed E-state index contributed by atoms with van der Waals surface area (Å²) in [4.78, 5) is 0. The van der Waals surface area contributed by atoms with Crippen molar-refractivity contribution < 1.29 is 130 Å². The maximum Gasteiger partial charge on any atom is 3.00 e. The number of alkyl halides is 18. The van der Waals surface area contributed by atoms with Crippen LogP contribution in [0.15, 0.2) is 0 Å². The van der Waals surface area contributed by atoms with Crippen LogP contribution in [0.1, 0.15) is 0 Å². The van der Waals surface area contributed by atoms with E-state index in [-0.39, 0.29) is 17.4 Å². The van der Waals surface area contributed by atoms with E-state index in [0.717, 1.165) is 12.4 Å². The monoisotopic (exact) mass is 867 g/mol. The fraction of sp³-hybridized carbons (Fsp3) is 1.00. The molecule has 0 aliphatic carbocycles. The van der Waals surface area contributed by atoms with Crippen LogP contribution in [-0.2, 0) is 60.1 Å². The molecule has 0 aromatic rings. The van der Waals surface area contributed by atoms with Crippen molar-refractivity contribution >= 4 is 77.5 Å². The molecule has 276 valence electrons. The predicted molar refractivity (Wildman–Crippen MR) is 106 cm³/mol. The van der Waals surface area contributed by atoms with Crippen molar-refractivity contribution in [3.05, 3.63) is 12.4 Å². The minimum Gasteiger partial charge on any atom is -0.421 e. The Morgan fingerprint density at radius 1 is 0.239 bits per heavy atom. The molecule has 0 saturated carbocycles. The quantitative estimate of drug-likeness (QED) is 0.276. The van der Waals surface area contributed by atoms with Gasteiger partial charge < -0.3 is 12.4 Å². The van der Waals surface area contributed by atoms with Crippen molar-refractivity contribution in [2.24, 2.45) is 0 Å². The van der Waals surface area contributed by atoms with Gasteiger partial charge in [0.15, 0.2) is 60.1 Å². The number of halogens is 18. The molecule has 0 saturated heterocycles. The first kappa shape index (κ1) is 51.7. The second kappa shape index (κ2) is 14.8. The summed E-state index contributed by atoms with van der Waals surface area (Å²) < 4.78 is 328. The minimum absolute atomic E-state index is 0. The average molecular weight is 867 g/mol. The summed E-state index contributed by atoms with van der Waals surface area (Å²) in [7, 11) is -40.3. The van der Waals surface area contributed by atoms with Crippen LogP contribution < -0.4 is 0 Å². The molecule has 0 N–H and O–H groups in total. The Labute approximate surface area is 252 Å². The Morgan fingerprint density at radius 2 is 0.304 bits per heavy atom. The van der Waals surface area contributed by atoms with E-state index in [0.29, 0.717) is 0 Å². The van der Waals surface area contributed by atoms with Crippen molar-refractivity contribution in [3.8, 4) is 0 Å². The van der Waals surface area contributed by atoms with Gasteiger partial charge in [0.1, 0.15) is 0 Å². The van der Waals surface area contributed by atoms with E-state index in [1.807, 2.05) is 0 Å². The van der Waals surface area contributed by atoms with Gasteiger partial charge in [0.2, 0.25) is 0 Å². The van der Waals surface area contributed by atoms with Crippen LogP contribution in [-0.4, -0.2) is 101 Å². The van der Waals surface area contributed by atoms with Crippen LogP contribution in [0.4, 0.5) is 79.0 Å². The third kappa shape index (κ3) is 15.0. The summed E-state index contributed by atoms with van der Waals surface area (Å²) in [6.07, 6.45) is 0. The number of nitrogens with zero attached hydrogens (tertiary/aromatic N) is 3. The summed E-state index contributed by atoms with van der Waals surface area (Å²) in [5.41, 5.74) is -37.2. The summed E-state index contributed by atoms with van der Waals surface area (Å²) in [5.74, 6) is 0. The molecule has 0 aliphatic rings. The maximum absolute atomic E-state index is 11.4. The number of rotatable bonds is 6. The molecule has 0 aliphatic heterocycles. The molecule has 0 spiro atoms. The first-order chi connectivity index (χ1) is 18.6. The van der Waals surface area contributed by atoms with E-state index in [2.05, 4.69) is 0 Å². The fourth-order valence-electron chi connectivity index (χ4n) is 0.641. The molecule has 0 heterocycles. The molecule has 40 heteroatoms. The zero-order valence-electron chi connectivity index (χ0n) is 19.1. The number of sulfonamides is 6. The summed E-state index contributed by atoms with van der Waals surface area (Å²) in [6, 6.07) is 0. The topological polar surface area (TPSA) is 247 Å². The van der Waals surface area contributed by atoms with Gasteiger partial charge in [0, 0.05) is 0 Å². The van der Waals surface area contributed by atoms with Crippen LogP contribution >= 0.6 is 0 Å². The molecule has 0 fully saturated rings. The van der Waals surface area contributed by atoms with Crippen LogP contribution in [0.5, 0.6) is 0 Å². The smallest absolute Gasteiger partial charge is 0.421 e. The summed E-state index contributed by atoms with van der Waals surface area (Å²) >= 11 is 0. The van der Waals surface area contributed by atoms with Crippen molar-refractivity contribution in [2.75, 3.05) is 0 Å². The molecule has 0 aromatic carbocycles. The third-order valence-electron chi connectivity index (χ3n) is 2.34. The Balaban J connectivity index is -0.000000285. The normalized spacial score (nSPS) is 15.0. The Morgan fingerprint density at radius 3 is 0.348 bits per heavy atom. The van der Waals surface area contributed by atoms with Gasteiger partial charge in [0.25, 0.3) is 0 Å². The zero-order chi connectivity index (χ0) is 38.1. The van der Waals surface area contributed by atoms with Crippen molar-refractivity contribution in [1.29, 1.82) is 0 Å². The zero-order valence-corrected chi connectivity index (χ0v) is 25.1. The van der Waals surface area contributed by atoms with E-state index in [4.69, 9.17) is 0 Å². The first-order valence-electron chi connectivity index (χ1n) is 7.72. The van der Waals surface area contributed by atoms with Crippen molar-refractivity contribution in [1.82, 2.24) is 0 Å². The fourth-order valence-corrected chi connectivity index (χ4v) is 5.77. The van der Waals surface area contributed by atoms with E-state index in [9.17, 15) is 130 Å². The average Bonchev–Trinajstić information content (AvgIpc) is 2.61. The molecule has 46 heavy (non-hydrogen) atoms. The molecule has 0 rings (SSSR count). The van der Waals surface area contributed by atoms with E-state index in [1.54, 1.807) is 0 Å². The van der Waals surface area contributed by atoms with Gasteiger partial charge in [-0.15, -0.1) is 0 Å². The van der Waals surface area contributed by atoms with Crippen LogP contribution in [0.3, 0.4) is 0 Å². The van der Waals surface area contributed by atoms with Crippen LogP contribution in [0.25, 0.3) is 12.4 Å². The second-order valence-corrected chi connectivity index (χ2v) is 16.0. The molecule has 0 aromatic heterocycles. The third-order valence-corrected chi connectivity index (χ3v) is 10.6. The van der Waals surface area contributed by atoms with E-state index < -0.39 is 93.2 Å². The van der Waals surface area contributed by atoms with Gasteiger partial charge in [0.05, 0.1) is 0 Å². The van der Waals surface area contributed by atoms with Crippen molar-refractivity contribution in [2.45, 2.75) is 33.0 Å².